The van der Waals surface area contributed by atoms with Gasteiger partial charge in [-0.2, -0.15) is 5.10 Å². The number of nitrogens with zero attached hydrogens (tertiary/aromatic N) is 3. The minimum Gasteiger partial charge on any atom is -0.468 e. The highest BCUT2D eigenvalue weighted by Crippen LogP contribution is 2.18. The number of carbonyl (C=O) groups excluding carboxylic acids is 1. The lowest BCUT2D eigenvalue weighted by molar-refractivity contribution is 0.0342. The van der Waals surface area contributed by atoms with Gasteiger partial charge in [0.05, 0.1) is 13.2 Å². The zero-order chi connectivity index (χ0) is 21.6. The Hall–Kier alpha value is -3.30. The van der Waals surface area contributed by atoms with Gasteiger partial charge in [0.2, 0.25) is 0 Å². The third kappa shape index (κ3) is 5.65. The van der Waals surface area contributed by atoms with Crippen LogP contribution in [0.15, 0.2) is 54.7 Å². The number of morpholine rings is 1. The summed E-state index contributed by atoms with van der Waals surface area (Å²) in [6.07, 6.45) is 1.55. The van der Waals surface area contributed by atoms with E-state index in [0.29, 0.717) is 5.69 Å². The second-order valence-corrected chi connectivity index (χ2v) is 7.13. The Labute approximate surface area is 178 Å². The van der Waals surface area contributed by atoms with Crippen LogP contribution in [0.4, 0.5) is 14.5 Å². The fraction of sp³-hybridized carbons (Fsp3) is 0.273. The van der Waals surface area contributed by atoms with Crippen LogP contribution in [0.3, 0.4) is 0 Å². The average molecular weight is 428 g/mol. The van der Waals surface area contributed by atoms with E-state index >= 15 is 0 Å². The summed E-state index contributed by atoms with van der Waals surface area (Å²) in [5, 5.41) is 6.98. The quantitative estimate of drug-likeness (QED) is 0.626. The Bertz CT molecular complexity index is 1050. The molecule has 3 aromatic rings. The largest absolute Gasteiger partial charge is 0.468 e. The summed E-state index contributed by atoms with van der Waals surface area (Å²) in [5.41, 5.74) is 1.97. The molecular weight excluding hydrogens is 406 g/mol. The van der Waals surface area contributed by atoms with Gasteiger partial charge in [0.15, 0.2) is 24.0 Å². The van der Waals surface area contributed by atoms with E-state index in [4.69, 9.17) is 9.47 Å². The number of nitrogens with one attached hydrogen (secondary N) is 1. The van der Waals surface area contributed by atoms with E-state index < -0.39 is 11.6 Å². The summed E-state index contributed by atoms with van der Waals surface area (Å²) < 4.78 is 38.6. The predicted molar refractivity (Wildman–Crippen MR) is 110 cm³/mol. The highest BCUT2D eigenvalue weighted by molar-refractivity contribution is 6.02. The number of carbonyl (C=O) groups is 1. The molecule has 1 N–H and O–H groups in total. The van der Waals surface area contributed by atoms with Gasteiger partial charge < -0.3 is 14.8 Å². The molecule has 0 atom stereocenters. The van der Waals surface area contributed by atoms with Gasteiger partial charge >= 0.3 is 0 Å². The van der Waals surface area contributed by atoms with Crippen LogP contribution in [0, 0.1) is 11.6 Å². The van der Waals surface area contributed by atoms with Crippen molar-refractivity contribution >= 4 is 11.6 Å². The Morgan fingerprint density at radius 2 is 1.97 bits per heavy atom. The third-order valence-electron chi connectivity index (χ3n) is 4.81. The zero-order valence-corrected chi connectivity index (χ0v) is 16.8. The van der Waals surface area contributed by atoms with Crippen LogP contribution in [0.2, 0.25) is 0 Å². The highest BCUT2D eigenvalue weighted by atomic mass is 19.1. The van der Waals surface area contributed by atoms with Crippen molar-refractivity contribution in [2.75, 3.05) is 31.6 Å². The summed E-state index contributed by atoms with van der Waals surface area (Å²) >= 11 is 0. The van der Waals surface area contributed by atoms with Gasteiger partial charge in [-0.1, -0.05) is 12.1 Å². The molecule has 1 amide bonds. The molecule has 0 spiro atoms. The van der Waals surface area contributed by atoms with Crippen molar-refractivity contribution in [3.8, 4) is 5.75 Å². The van der Waals surface area contributed by atoms with Crippen LogP contribution in [-0.4, -0.2) is 46.9 Å². The highest BCUT2D eigenvalue weighted by Gasteiger charge is 2.13. The number of hydrogen-bond acceptors (Lipinski definition) is 5. The molecule has 1 aliphatic rings. The lowest BCUT2D eigenvalue weighted by Crippen LogP contribution is -2.35. The van der Waals surface area contributed by atoms with Crippen molar-refractivity contribution in [2.45, 2.75) is 13.3 Å². The van der Waals surface area contributed by atoms with Gasteiger partial charge in [-0.25, -0.2) is 13.5 Å². The number of amides is 1. The summed E-state index contributed by atoms with van der Waals surface area (Å²) in [5.74, 6) is -1.95. The van der Waals surface area contributed by atoms with Crippen molar-refractivity contribution in [1.29, 1.82) is 0 Å². The first-order valence-corrected chi connectivity index (χ1v) is 9.88. The average Bonchev–Trinajstić information content (AvgIpc) is 3.23. The Morgan fingerprint density at radius 3 is 2.77 bits per heavy atom. The summed E-state index contributed by atoms with van der Waals surface area (Å²) in [6, 6.07) is 12.3. The van der Waals surface area contributed by atoms with Crippen LogP contribution in [-0.2, 0) is 18.0 Å². The maximum atomic E-state index is 13.6. The third-order valence-corrected chi connectivity index (χ3v) is 4.81. The number of benzene rings is 2. The van der Waals surface area contributed by atoms with Gasteiger partial charge in [-0.15, -0.1) is 0 Å². The molecule has 2 aromatic carbocycles. The molecule has 1 saturated heterocycles. The molecule has 0 aliphatic carbocycles. The van der Waals surface area contributed by atoms with Gasteiger partial charge in [0.1, 0.15) is 5.82 Å². The molecular formula is C22H22F2N4O3. The Kier molecular flexibility index (Phi) is 6.54. The maximum Gasteiger partial charge on any atom is 0.276 e. The van der Waals surface area contributed by atoms with E-state index in [1.54, 1.807) is 6.20 Å². The van der Waals surface area contributed by atoms with E-state index in [1.807, 2.05) is 24.3 Å². The summed E-state index contributed by atoms with van der Waals surface area (Å²) in [4.78, 5) is 14.8. The Balaban J connectivity index is 1.34. The van der Waals surface area contributed by atoms with E-state index in [2.05, 4.69) is 15.3 Å². The SMILES string of the molecule is O=C(Nc1cccc(CN2CCOCC2)c1)c1ccn(COc2ccc(F)cc2F)n1. The molecule has 7 nitrogen and oxygen atoms in total. The lowest BCUT2D eigenvalue weighted by atomic mass is 10.2. The van der Waals surface area contributed by atoms with Crippen LogP contribution in [0.25, 0.3) is 0 Å². The van der Waals surface area contributed by atoms with Crippen molar-refractivity contribution < 1.29 is 23.0 Å². The van der Waals surface area contributed by atoms with Crippen LogP contribution in [0.5, 0.6) is 5.75 Å². The maximum absolute atomic E-state index is 13.6. The number of ether oxygens (including phenoxy) is 2. The molecule has 9 heteroatoms. The van der Waals surface area contributed by atoms with Gasteiger partial charge in [0.25, 0.3) is 5.91 Å². The summed E-state index contributed by atoms with van der Waals surface area (Å²) in [7, 11) is 0. The van der Waals surface area contributed by atoms with E-state index in [-0.39, 0.29) is 24.1 Å². The van der Waals surface area contributed by atoms with Crippen LogP contribution >= 0.6 is 0 Å². The molecule has 1 aliphatic heterocycles. The van der Waals surface area contributed by atoms with Crippen molar-refractivity contribution in [1.82, 2.24) is 14.7 Å². The lowest BCUT2D eigenvalue weighted by Gasteiger charge is -2.26. The number of rotatable bonds is 7. The van der Waals surface area contributed by atoms with Crippen LogP contribution in [0.1, 0.15) is 16.1 Å². The fourth-order valence-corrected chi connectivity index (χ4v) is 3.24. The molecule has 0 radical (unpaired) electrons. The van der Waals surface area contributed by atoms with E-state index in [1.165, 1.54) is 16.8 Å². The number of hydrogen-bond donors (Lipinski definition) is 1. The molecule has 0 saturated carbocycles. The second kappa shape index (κ2) is 9.67. The first-order valence-electron chi connectivity index (χ1n) is 9.88. The fourth-order valence-electron chi connectivity index (χ4n) is 3.24. The van der Waals surface area contributed by atoms with Crippen LogP contribution < -0.4 is 10.1 Å². The minimum atomic E-state index is -0.804. The smallest absolute Gasteiger partial charge is 0.276 e. The van der Waals surface area contributed by atoms with Crippen molar-refractivity contribution in [3.05, 3.63) is 77.6 Å². The second-order valence-electron chi connectivity index (χ2n) is 7.13. The molecule has 1 aromatic heterocycles. The normalized spacial score (nSPS) is 14.4. The number of aromatic nitrogens is 2. The van der Waals surface area contributed by atoms with Gasteiger partial charge in [0, 0.05) is 37.6 Å². The number of halogens is 2. The molecule has 0 bridgehead atoms. The van der Waals surface area contributed by atoms with Gasteiger partial charge in [-0.05, 0) is 35.9 Å². The minimum absolute atomic E-state index is 0.0972. The molecule has 31 heavy (non-hydrogen) atoms. The van der Waals surface area contributed by atoms with E-state index in [9.17, 15) is 13.6 Å². The molecule has 0 unspecified atom stereocenters. The Morgan fingerprint density at radius 1 is 1.13 bits per heavy atom. The molecule has 1 fully saturated rings. The van der Waals surface area contributed by atoms with Crippen molar-refractivity contribution in [3.63, 3.8) is 0 Å². The van der Waals surface area contributed by atoms with Gasteiger partial charge in [-0.3, -0.25) is 9.69 Å². The molecule has 162 valence electrons. The first kappa shape index (κ1) is 21.0. The molecule has 4 rings (SSSR count). The van der Waals surface area contributed by atoms with E-state index in [0.717, 1.165) is 50.5 Å². The van der Waals surface area contributed by atoms with Crippen molar-refractivity contribution in [2.24, 2.45) is 0 Å². The summed E-state index contributed by atoms with van der Waals surface area (Å²) in [6.45, 7) is 3.91. The molecule has 2 heterocycles. The number of anilines is 1. The monoisotopic (exact) mass is 428 g/mol. The topological polar surface area (TPSA) is 68.6 Å². The predicted octanol–water partition coefficient (Wildman–Crippen LogP) is 3.28. The zero-order valence-electron chi connectivity index (χ0n) is 16.8. The standard InChI is InChI=1S/C22H22F2N4O3/c23-17-4-5-21(19(24)13-17)31-15-28-7-6-20(26-28)22(29)25-18-3-1-2-16(12-18)14-27-8-10-30-11-9-27/h1-7,12-13H,8-11,14-15H2,(H,25,29). The first-order chi connectivity index (χ1) is 15.1.